The number of ether oxygens (including phenoxy) is 1. The van der Waals surface area contributed by atoms with Crippen LogP contribution in [0.25, 0.3) is 10.9 Å². The lowest BCUT2D eigenvalue weighted by Gasteiger charge is -2.26. The van der Waals surface area contributed by atoms with Gasteiger partial charge in [-0.3, -0.25) is 9.98 Å². The zero-order chi connectivity index (χ0) is 21.5. The Balaban J connectivity index is 1.28. The molecule has 0 bridgehead atoms. The minimum Gasteiger partial charge on any atom is -0.489 e. The molecule has 1 aliphatic carbocycles. The second kappa shape index (κ2) is 7.23. The number of nitrogens with two attached hydrogens (primary N) is 1. The molecule has 3 heterocycles. The van der Waals surface area contributed by atoms with Crippen LogP contribution in [-0.4, -0.2) is 21.6 Å². The first kappa shape index (κ1) is 18.6. The lowest BCUT2D eigenvalue weighted by molar-refractivity contribution is -0.750. The quantitative estimate of drug-likeness (QED) is 0.489. The molecule has 1 unspecified atom stereocenters. The van der Waals surface area contributed by atoms with Gasteiger partial charge in [0.15, 0.2) is 0 Å². The van der Waals surface area contributed by atoms with Gasteiger partial charge in [0.25, 0.3) is 5.84 Å². The van der Waals surface area contributed by atoms with Crippen LogP contribution in [0.4, 0.5) is 0 Å². The van der Waals surface area contributed by atoms with Crippen LogP contribution in [0.5, 0.6) is 5.75 Å². The lowest BCUT2D eigenvalue weighted by Crippen LogP contribution is -2.53. The number of aromatic nitrogens is 1. The minimum atomic E-state index is -0.00879. The fourth-order valence-electron chi connectivity index (χ4n) is 4.05. The van der Waals surface area contributed by atoms with E-state index in [9.17, 15) is 0 Å². The van der Waals surface area contributed by atoms with E-state index in [0.29, 0.717) is 6.61 Å². The van der Waals surface area contributed by atoms with Crippen molar-refractivity contribution >= 4 is 23.0 Å². The van der Waals surface area contributed by atoms with Gasteiger partial charge in [-0.2, -0.15) is 10.8 Å². The molecular formula is C26H20N5O+. The van der Waals surface area contributed by atoms with E-state index in [4.69, 9.17) is 15.6 Å². The summed E-state index contributed by atoms with van der Waals surface area (Å²) in [7, 11) is 0. The Labute approximate surface area is 185 Å². The van der Waals surface area contributed by atoms with Crippen molar-refractivity contribution in [3.63, 3.8) is 0 Å². The lowest BCUT2D eigenvalue weighted by atomic mass is 10.0. The molecule has 32 heavy (non-hydrogen) atoms. The summed E-state index contributed by atoms with van der Waals surface area (Å²) in [5.41, 5.74) is 5.74. The predicted octanol–water partition coefficient (Wildman–Crippen LogP) is 4.53. The maximum Gasteiger partial charge on any atom is 0.265 e. The third-order valence-electron chi connectivity index (χ3n) is 5.78. The Bertz CT molecular complexity index is 1440. The van der Waals surface area contributed by atoms with Crippen LogP contribution in [0, 0.1) is 0 Å². The number of aliphatic imine (C=N–C) groups is 2. The Morgan fingerprint density at radius 2 is 1.97 bits per heavy atom. The Kier molecular flexibility index (Phi) is 4.21. The van der Waals surface area contributed by atoms with E-state index < -0.39 is 0 Å². The van der Waals surface area contributed by atoms with Crippen molar-refractivity contribution in [1.29, 1.82) is 0 Å². The van der Waals surface area contributed by atoms with Gasteiger partial charge in [-0.1, -0.05) is 36.4 Å². The average molecular weight is 418 g/mol. The Morgan fingerprint density at radius 1 is 1.03 bits per heavy atom. The van der Waals surface area contributed by atoms with Crippen molar-refractivity contribution in [2.75, 3.05) is 0 Å². The number of hydrogen-bond acceptors (Lipinski definition) is 5. The molecule has 6 heteroatoms. The summed E-state index contributed by atoms with van der Waals surface area (Å²) < 4.78 is 6.10. The average Bonchev–Trinajstić information content (AvgIpc) is 3.09. The first-order chi connectivity index (χ1) is 15.7. The van der Waals surface area contributed by atoms with E-state index in [1.165, 1.54) is 0 Å². The number of allylic oxidation sites excluding steroid dienone is 4. The molecule has 0 radical (unpaired) electrons. The van der Waals surface area contributed by atoms with Crippen LogP contribution in [0.1, 0.15) is 11.1 Å². The third-order valence-corrected chi connectivity index (χ3v) is 5.78. The third kappa shape index (κ3) is 3.01. The standard InChI is InChI=1S/C26H20N5O/c27-31-13-12-28-16-24(31)25(19-4-1-5-19)30-26(31)21-6-2-8-22(15-21)32-17-18-9-10-23-20(14-18)7-3-11-29-23/h1-16H,17,27H2/q+1. The minimum absolute atomic E-state index is 0.00879. The van der Waals surface area contributed by atoms with Gasteiger partial charge in [-0.15, -0.1) is 4.59 Å². The Morgan fingerprint density at radius 3 is 2.84 bits per heavy atom. The summed E-state index contributed by atoms with van der Waals surface area (Å²) in [5, 5.41) is 1.10. The summed E-state index contributed by atoms with van der Waals surface area (Å²) >= 11 is 0. The zero-order valence-electron chi connectivity index (χ0n) is 17.2. The number of pyridine rings is 1. The summed E-state index contributed by atoms with van der Waals surface area (Å²) in [4.78, 5) is 13.6. The van der Waals surface area contributed by atoms with Gasteiger partial charge in [-0.25, -0.2) is 0 Å². The normalized spacial score (nSPS) is 20.8. The predicted molar refractivity (Wildman–Crippen MR) is 125 cm³/mol. The van der Waals surface area contributed by atoms with Gasteiger partial charge in [-0.05, 0) is 42.0 Å². The van der Waals surface area contributed by atoms with E-state index in [1.807, 2.05) is 66.9 Å². The molecule has 1 atom stereocenters. The van der Waals surface area contributed by atoms with Crippen LogP contribution in [-0.2, 0) is 6.61 Å². The second-order valence-corrected chi connectivity index (χ2v) is 7.85. The van der Waals surface area contributed by atoms with Gasteiger partial charge in [0.2, 0.25) is 5.70 Å². The molecule has 2 aliphatic heterocycles. The topological polar surface area (TPSA) is 72.9 Å². The number of benzene rings is 2. The van der Waals surface area contributed by atoms with Gasteiger partial charge in [0, 0.05) is 17.2 Å². The zero-order valence-corrected chi connectivity index (χ0v) is 17.2. The number of nitrogens with zero attached hydrogens (tertiary/aromatic N) is 4. The van der Waals surface area contributed by atoms with Crippen molar-refractivity contribution in [3.05, 3.63) is 120 Å². The number of amidine groups is 1. The van der Waals surface area contributed by atoms with Crippen LogP contribution in [0.15, 0.2) is 118 Å². The molecule has 0 amide bonds. The molecule has 0 saturated carbocycles. The summed E-state index contributed by atoms with van der Waals surface area (Å²) in [5.74, 6) is 8.28. The highest BCUT2D eigenvalue weighted by Gasteiger charge is 2.44. The maximum atomic E-state index is 6.79. The van der Waals surface area contributed by atoms with Crippen LogP contribution < -0.4 is 10.6 Å². The van der Waals surface area contributed by atoms with Gasteiger partial charge in [0.05, 0.1) is 23.5 Å². The monoisotopic (exact) mass is 418 g/mol. The highest BCUT2D eigenvalue weighted by molar-refractivity contribution is 6.01. The molecule has 3 aliphatic rings. The van der Waals surface area contributed by atoms with E-state index in [-0.39, 0.29) is 4.59 Å². The van der Waals surface area contributed by atoms with Crippen molar-refractivity contribution in [3.8, 4) is 5.75 Å². The van der Waals surface area contributed by atoms with Crippen molar-refractivity contribution in [1.82, 2.24) is 4.98 Å². The van der Waals surface area contributed by atoms with Crippen LogP contribution >= 0.6 is 0 Å². The molecule has 3 aromatic rings. The number of quaternary nitrogens is 1. The molecule has 154 valence electrons. The first-order valence-electron chi connectivity index (χ1n) is 10.4. The van der Waals surface area contributed by atoms with E-state index >= 15 is 0 Å². The summed E-state index contributed by atoms with van der Waals surface area (Å²) in [6.45, 7) is 0.461. The Hall–Kier alpha value is -4.13. The fourth-order valence-corrected chi connectivity index (χ4v) is 4.05. The molecular weight excluding hydrogens is 398 g/mol. The first-order valence-corrected chi connectivity index (χ1v) is 10.4. The van der Waals surface area contributed by atoms with E-state index in [2.05, 4.69) is 22.1 Å². The van der Waals surface area contributed by atoms with Gasteiger partial charge < -0.3 is 4.74 Å². The summed E-state index contributed by atoms with van der Waals surface area (Å²) in [6, 6.07) is 18.1. The molecule has 0 spiro atoms. The van der Waals surface area contributed by atoms with Crippen molar-refractivity contribution < 1.29 is 9.33 Å². The number of fused-ring (bicyclic) bond motifs is 2. The second-order valence-electron chi connectivity index (χ2n) is 7.85. The fraction of sp³-hybridized carbons (Fsp3) is 0.0385. The van der Waals surface area contributed by atoms with E-state index in [0.717, 1.165) is 50.6 Å². The molecule has 0 saturated heterocycles. The van der Waals surface area contributed by atoms with Gasteiger partial charge in [0.1, 0.15) is 24.3 Å². The van der Waals surface area contributed by atoms with Gasteiger partial charge >= 0.3 is 0 Å². The highest BCUT2D eigenvalue weighted by atomic mass is 16.5. The largest absolute Gasteiger partial charge is 0.489 e. The number of rotatable bonds is 5. The maximum absolute atomic E-state index is 6.79. The van der Waals surface area contributed by atoms with Crippen LogP contribution in [0.2, 0.25) is 0 Å². The smallest absolute Gasteiger partial charge is 0.265 e. The SMILES string of the molecule is N[N+]12C=CN=CC1=C(C1=CC=C1)N=C2c1cccc(OCc2ccc3ncccc3c2)c1. The molecule has 2 aromatic carbocycles. The molecule has 1 aromatic heterocycles. The molecule has 0 fully saturated rings. The molecule has 6 rings (SSSR count). The summed E-state index contributed by atoms with van der Waals surface area (Å²) in [6.07, 6.45) is 13.2. The highest BCUT2D eigenvalue weighted by Crippen LogP contribution is 2.36. The van der Waals surface area contributed by atoms with E-state index in [1.54, 1.807) is 18.6 Å². The number of hydrogen-bond donors (Lipinski definition) is 1. The van der Waals surface area contributed by atoms with Crippen molar-refractivity contribution in [2.45, 2.75) is 6.61 Å². The molecule has 2 N–H and O–H groups in total. The molecule has 6 nitrogen and oxygen atoms in total. The van der Waals surface area contributed by atoms with Crippen molar-refractivity contribution in [2.24, 2.45) is 15.8 Å². The van der Waals surface area contributed by atoms with Crippen LogP contribution in [0.3, 0.4) is 0 Å².